The van der Waals surface area contributed by atoms with Gasteiger partial charge in [0.1, 0.15) is 5.75 Å². The van der Waals surface area contributed by atoms with Crippen LogP contribution in [0.4, 0.5) is 16.2 Å². The van der Waals surface area contributed by atoms with Crippen LogP contribution in [0.1, 0.15) is 41.5 Å². The number of rotatable bonds is 5. The van der Waals surface area contributed by atoms with Crippen LogP contribution in [0.3, 0.4) is 0 Å². The van der Waals surface area contributed by atoms with Gasteiger partial charge in [-0.1, -0.05) is 27.7 Å². The largest absolute Gasteiger partial charge is 0.494 e. The maximum atomic E-state index is 12.0. The summed E-state index contributed by atoms with van der Waals surface area (Å²) in [5, 5.41) is 0. The fraction of sp³-hybridized carbons (Fsp3) is 0.619. The molecule has 0 spiro atoms. The van der Waals surface area contributed by atoms with E-state index >= 15 is 0 Å². The summed E-state index contributed by atoms with van der Waals surface area (Å²) in [4.78, 5) is 29.2. The number of benzene rings is 1. The minimum atomic E-state index is -0.493. The van der Waals surface area contributed by atoms with Gasteiger partial charge in [-0.15, -0.1) is 0 Å². The molecule has 28 heavy (non-hydrogen) atoms. The van der Waals surface area contributed by atoms with E-state index in [0.717, 1.165) is 18.8 Å². The van der Waals surface area contributed by atoms with Crippen LogP contribution < -0.4 is 20.3 Å². The van der Waals surface area contributed by atoms with Gasteiger partial charge in [0, 0.05) is 50.9 Å². The molecule has 7 nitrogen and oxygen atoms in total. The van der Waals surface area contributed by atoms with Crippen molar-refractivity contribution in [3.63, 3.8) is 0 Å². The molecule has 1 aliphatic heterocycles. The van der Waals surface area contributed by atoms with Crippen LogP contribution in [-0.2, 0) is 4.79 Å². The Labute approximate surface area is 169 Å². The highest BCUT2D eigenvalue weighted by atomic mass is 16.5. The van der Waals surface area contributed by atoms with Gasteiger partial charge >= 0.3 is 6.03 Å². The van der Waals surface area contributed by atoms with Crippen molar-refractivity contribution in [1.29, 1.82) is 0 Å². The number of nitrogens with two attached hydrogens (primary N) is 1. The molecule has 0 saturated carbocycles. The Hall–Kier alpha value is -2.44. The molecule has 1 aromatic rings. The van der Waals surface area contributed by atoms with E-state index in [-0.39, 0.29) is 17.9 Å². The SMILES string of the molecule is CC.COc1cc(N2CCN(C(C)=O)CC2)ccc1N(C(N)=O)C(C)C(C)C. The summed E-state index contributed by atoms with van der Waals surface area (Å²) in [6.45, 7) is 14.6. The number of hydrogen-bond acceptors (Lipinski definition) is 4. The average Bonchev–Trinajstić information content (AvgIpc) is 2.69. The van der Waals surface area contributed by atoms with Crippen molar-refractivity contribution in [2.24, 2.45) is 11.7 Å². The topological polar surface area (TPSA) is 79.1 Å². The minimum Gasteiger partial charge on any atom is -0.494 e. The fourth-order valence-electron chi connectivity index (χ4n) is 3.18. The van der Waals surface area contributed by atoms with Crippen LogP contribution >= 0.6 is 0 Å². The molecule has 158 valence electrons. The molecule has 1 fully saturated rings. The second-order valence-corrected chi connectivity index (χ2v) is 7.04. The van der Waals surface area contributed by atoms with E-state index in [1.54, 1.807) is 18.9 Å². The number of nitrogens with zero attached hydrogens (tertiary/aromatic N) is 3. The van der Waals surface area contributed by atoms with Crippen LogP contribution in [-0.4, -0.2) is 56.2 Å². The Morgan fingerprint density at radius 1 is 1.11 bits per heavy atom. The van der Waals surface area contributed by atoms with Crippen molar-refractivity contribution in [1.82, 2.24) is 4.90 Å². The molecule has 2 N–H and O–H groups in total. The molecule has 0 aromatic heterocycles. The zero-order valence-electron chi connectivity index (χ0n) is 18.4. The Morgan fingerprint density at radius 2 is 1.68 bits per heavy atom. The molecular weight excluding hydrogens is 356 g/mol. The summed E-state index contributed by atoms with van der Waals surface area (Å²) in [7, 11) is 1.59. The number of amides is 3. The third-order valence-electron chi connectivity index (χ3n) is 5.12. The van der Waals surface area contributed by atoms with E-state index in [2.05, 4.69) is 18.7 Å². The van der Waals surface area contributed by atoms with Gasteiger partial charge in [0.2, 0.25) is 5.91 Å². The number of urea groups is 1. The maximum Gasteiger partial charge on any atom is 0.319 e. The number of ether oxygens (including phenoxy) is 1. The smallest absolute Gasteiger partial charge is 0.319 e. The maximum absolute atomic E-state index is 12.0. The number of methoxy groups -OCH3 is 1. The number of primary amides is 1. The van der Waals surface area contributed by atoms with Gasteiger partial charge in [0.15, 0.2) is 0 Å². The number of carbonyl (C=O) groups is 2. The quantitative estimate of drug-likeness (QED) is 0.834. The molecule has 7 heteroatoms. The number of carbonyl (C=O) groups excluding carboxylic acids is 2. The lowest BCUT2D eigenvalue weighted by Crippen LogP contribution is -2.48. The van der Waals surface area contributed by atoms with Crippen LogP contribution in [0.2, 0.25) is 0 Å². The molecule has 2 rings (SSSR count). The van der Waals surface area contributed by atoms with E-state index in [1.807, 2.05) is 43.9 Å². The first kappa shape index (κ1) is 23.6. The summed E-state index contributed by atoms with van der Waals surface area (Å²) in [5.74, 6) is 0.978. The van der Waals surface area contributed by atoms with E-state index in [0.29, 0.717) is 24.5 Å². The lowest BCUT2D eigenvalue weighted by Gasteiger charge is -2.36. The Kier molecular flexibility index (Phi) is 9.09. The van der Waals surface area contributed by atoms with Gasteiger partial charge < -0.3 is 20.3 Å². The normalized spacial score (nSPS) is 14.9. The molecule has 1 heterocycles. The molecule has 1 unspecified atom stereocenters. The minimum absolute atomic E-state index is 0.0497. The highest BCUT2D eigenvalue weighted by Gasteiger charge is 2.26. The van der Waals surface area contributed by atoms with Crippen molar-refractivity contribution < 1.29 is 14.3 Å². The van der Waals surface area contributed by atoms with Crippen molar-refractivity contribution >= 4 is 23.3 Å². The van der Waals surface area contributed by atoms with Crippen molar-refractivity contribution in [3.8, 4) is 5.75 Å². The van der Waals surface area contributed by atoms with Gasteiger partial charge in [0.25, 0.3) is 0 Å². The summed E-state index contributed by atoms with van der Waals surface area (Å²) >= 11 is 0. The Balaban J connectivity index is 0.00000190. The molecule has 0 bridgehead atoms. The molecule has 1 saturated heterocycles. The molecule has 0 aliphatic carbocycles. The van der Waals surface area contributed by atoms with Crippen LogP contribution in [0, 0.1) is 5.92 Å². The molecule has 3 amide bonds. The molecule has 1 aromatic carbocycles. The average molecular weight is 393 g/mol. The Morgan fingerprint density at radius 3 is 2.11 bits per heavy atom. The van der Waals surface area contributed by atoms with E-state index in [1.165, 1.54) is 0 Å². The summed E-state index contributed by atoms with van der Waals surface area (Å²) in [5.41, 5.74) is 7.32. The second kappa shape index (κ2) is 10.8. The van der Waals surface area contributed by atoms with Gasteiger partial charge in [-0.2, -0.15) is 0 Å². The standard InChI is InChI=1S/C19H30N4O3.C2H6/c1-13(2)14(3)23(19(20)25)17-7-6-16(12-18(17)26-5)22-10-8-21(9-11-22)15(4)24;1-2/h6-7,12-14H,8-11H2,1-5H3,(H2,20,25);1-2H3. The van der Waals surface area contributed by atoms with Gasteiger partial charge in [-0.05, 0) is 25.0 Å². The highest BCUT2D eigenvalue weighted by molar-refractivity contribution is 5.93. The third kappa shape index (κ3) is 5.53. The zero-order chi connectivity index (χ0) is 21.4. The zero-order valence-corrected chi connectivity index (χ0v) is 18.4. The predicted molar refractivity (Wildman–Crippen MR) is 115 cm³/mol. The van der Waals surface area contributed by atoms with Crippen molar-refractivity contribution in [2.75, 3.05) is 43.1 Å². The summed E-state index contributed by atoms with van der Waals surface area (Å²) in [6.07, 6.45) is 0. The van der Waals surface area contributed by atoms with Gasteiger partial charge in [-0.25, -0.2) is 4.79 Å². The fourth-order valence-corrected chi connectivity index (χ4v) is 3.18. The Bertz CT molecular complexity index is 655. The van der Waals surface area contributed by atoms with Gasteiger partial charge in [-0.3, -0.25) is 9.69 Å². The first-order valence-corrected chi connectivity index (χ1v) is 10.0. The van der Waals surface area contributed by atoms with E-state index in [9.17, 15) is 9.59 Å². The van der Waals surface area contributed by atoms with Crippen LogP contribution in [0.25, 0.3) is 0 Å². The van der Waals surface area contributed by atoms with Crippen LogP contribution in [0.5, 0.6) is 5.75 Å². The molecule has 0 radical (unpaired) electrons. The van der Waals surface area contributed by atoms with Crippen LogP contribution in [0.15, 0.2) is 18.2 Å². The molecule has 1 aliphatic rings. The molecule has 1 atom stereocenters. The van der Waals surface area contributed by atoms with Gasteiger partial charge in [0.05, 0.1) is 12.8 Å². The highest BCUT2D eigenvalue weighted by Crippen LogP contribution is 2.35. The second-order valence-electron chi connectivity index (χ2n) is 7.04. The van der Waals surface area contributed by atoms with Crippen molar-refractivity contribution in [3.05, 3.63) is 18.2 Å². The number of anilines is 2. The number of piperazine rings is 1. The predicted octanol–water partition coefficient (Wildman–Crippen LogP) is 3.32. The first-order valence-electron chi connectivity index (χ1n) is 10.0. The van der Waals surface area contributed by atoms with E-state index < -0.39 is 6.03 Å². The first-order chi connectivity index (χ1) is 13.3. The number of hydrogen-bond donors (Lipinski definition) is 1. The molecular formula is C21H36N4O3. The lowest BCUT2D eigenvalue weighted by molar-refractivity contribution is -0.129. The summed E-state index contributed by atoms with van der Waals surface area (Å²) < 4.78 is 5.56. The third-order valence-corrected chi connectivity index (χ3v) is 5.12. The monoisotopic (exact) mass is 392 g/mol. The lowest BCUT2D eigenvalue weighted by atomic mass is 10.0. The van der Waals surface area contributed by atoms with Crippen molar-refractivity contribution in [2.45, 2.75) is 47.6 Å². The summed E-state index contributed by atoms with van der Waals surface area (Å²) in [6, 6.07) is 5.25. The van der Waals surface area contributed by atoms with E-state index in [4.69, 9.17) is 10.5 Å².